The summed E-state index contributed by atoms with van der Waals surface area (Å²) in [5, 5.41) is 0. The number of halogens is 3. The average Bonchev–Trinajstić information content (AvgIpc) is 3.08. The standard InChI is InChI=1S/C18H24F3N5/c1-24(2)10-11-25-9-7-22-17(25)14-4-3-8-26(13-14)16-6-5-15(12-23-16)18(19,20)21/h5-7,9,12,14H,3-4,8,10-11,13H2,1-2H3/t14-/m1/s1. The summed E-state index contributed by atoms with van der Waals surface area (Å²) < 4.78 is 40.3. The first kappa shape index (κ1) is 18.7. The highest BCUT2D eigenvalue weighted by Crippen LogP contribution is 2.31. The molecule has 2 aromatic heterocycles. The molecule has 1 aliphatic rings. The van der Waals surface area contributed by atoms with Gasteiger partial charge in [0.1, 0.15) is 11.6 Å². The fraction of sp³-hybridized carbons (Fsp3) is 0.556. The Morgan fingerprint density at radius 3 is 2.69 bits per heavy atom. The molecule has 0 bridgehead atoms. The Morgan fingerprint density at radius 1 is 1.23 bits per heavy atom. The maximum absolute atomic E-state index is 12.7. The Kier molecular flexibility index (Phi) is 5.50. The van der Waals surface area contributed by atoms with Crippen LogP contribution in [0.3, 0.4) is 0 Å². The molecular formula is C18H24F3N5. The van der Waals surface area contributed by atoms with Gasteiger partial charge in [0.15, 0.2) is 0 Å². The van der Waals surface area contributed by atoms with Gasteiger partial charge in [0.25, 0.3) is 0 Å². The molecule has 26 heavy (non-hydrogen) atoms. The van der Waals surface area contributed by atoms with Crippen LogP contribution in [-0.2, 0) is 12.7 Å². The molecule has 1 atom stereocenters. The van der Waals surface area contributed by atoms with E-state index in [2.05, 4.69) is 24.3 Å². The van der Waals surface area contributed by atoms with Gasteiger partial charge in [-0.25, -0.2) is 9.97 Å². The summed E-state index contributed by atoms with van der Waals surface area (Å²) in [5.74, 6) is 1.89. The number of imidazole rings is 1. The highest BCUT2D eigenvalue weighted by molar-refractivity contribution is 5.41. The minimum absolute atomic E-state index is 0.255. The van der Waals surface area contributed by atoms with E-state index in [-0.39, 0.29) is 5.92 Å². The van der Waals surface area contributed by atoms with Crippen molar-refractivity contribution in [1.29, 1.82) is 0 Å². The third kappa shape index (κ3) is 4.35. The first-order chi connectivity index (χ1) is 12.3. The van der Waals surface area contributed by atoms with Crippen LogP contribution in [0.4, 0.5) is 19.0 Å². The quantitative estimate of drug-likeness (QED) is 0.813. The summed E-state index contributed by atoms with van der Waals surface area (Å²) >= 11 is 0. The molecule has 1 saturated heterocycles. The predicted molar refractivity (Wildman–Crippen MR) is 94.2 cm³/mol. The molecule has 8 heteroatoms. The van der Waals surface area contributed by atoms with Crippen LogP contribution >= 0.6 is 0 Å². The van der Waals surface area contributed by atoms with Crippen molar-refractivity contribution in [3.63, 3.8) is 0 Å². The van der Waals surface area contributed by atoms with Crippen molar-refractivity contribution >= 4 is 5.82 Å². The first-order valence-corrected chi connectivity index (χ1v) is 8.78. The number of hydrogen-bond donors (Lipinski definition) is 0. The SMILES string of the molecule is CN(C)CCn1ccnc1[C@@H]1CCCN(c2ccc(C(F)(F)F)cn2)C1. The number of likely N-dealkylation sites (N-methyl/N-ethyl adjacent to an activating group) is 1. The highest BCUT2D eigenvalue weighted by atomic mass is 19.4. The molecule has 0 saturated carbocycles. The average molecular weight is 367 g/mol. The minimum atomic E-state index is -4.35. The predicted octanol–water partition coefficient (Wildman–Crippen LogP) is 3.24. The van der Waals surface area contributed by atoms with E-state index in [0.29, 0.717) is 5.82 Å². The highest BCUT2D eigenvalue weighted by Gasteiger charge is 2.31. The largest absolute Gasteiger partial charge is 0.417 e. The van der Waals surface area contributed by atoms with E-state index in [1.807, 2.05) is 26.5 Å². The second kappa shape index (κ2) is 7.65. The zero-order valence-electron chi connectivity index (χ0n) is 15.1. The van der Waals surface area contributed by atoms with Gasteiger partial charge in [-0.3, -0.25) is 0 Å². The zero-order chi connectivity index (χ0) is 18.7. The van der Waals surface area contributed by atoms with Crippen LogP contribution in [0.25, 0.3) is 0 Å². The van der Waals surface area contributed by atoms with E-state index in [0.717, 1.165) is 57.1 Å². The first-order valence-electron chi connectivity index (χ1n) is 8.78. The summed E-state index contributed by atoms with van der Waals surface area (Å²) in [6.45, 7) is 3.32. The number of piperidine rings is 1. The molecule has 1 fully saturated rings. The second-order valence-electron chi connectivity index (χ2n) is 6.97. The monoisotopic (exact) mass is 367 g/mol. The molecule has 2 aromatic rings. The van der Waals surface area contributed by atoms with E-state index in [9.17, 15) is 13.2 Å². The smallest absolute Gasteiger partial charge is 0.356 e. The van der Waals surface area contributed by atoms with E-state index in [1.54, 1.807) is 0 Å². The van der Waals surface area contributed by atoms with Crippen molar-refractivity contribution in [2.24, 2.45) is 0 Å². The molecular weight excluding hydrogens is 343 g/mol. The topological polar surface area (TPSA) is 37.2 Å². The lowest BCUT2D eigenvalue weighted by Crippen LogP contribution is -2.36. The number of anilines is 1. The maximum atomic E-state index is 12.7. The molecule has 5 nitrogen and oxygen atoms in total. The molecule has 0 aromatic carbocycles. The molecule has 3 heterocycles. The van der Waals surface area contributed by atoms with Gasteiger partial charge >= 0.3 is 6.18 Å². The normalized spacial score (nSPS) is 18.5. The number of nitrogens with zero attached hydrogens (tertiary/aromatic N) is 5. The van der Waals surface area contributed by atoms with Crippen LogP contribution < -0.4 is 4.90 Å². The molecule has 0 spiro atoms. The number of hydrogen-bond acceptors (Lipinski definition) is 4. The van der Waals surface area contributed by atoms with E-state index in [4.69, 9.17) is 0 Å². The van der Waals surface area contributed by atoms with Crippen LogP contribution in [0.15, 0.2) is 30.7 Å². The van der Waals surface area contributed by atoms with Crippen LogP contribution in [0.5, 0.6) is 0 Å². The van der Waals surface area contributed by atoms with Gasteiger partial charge in [-0.15, -0.1) is 0 Å². The third-order valence-electron chi connectivity index (χ3n) is 4.72. The summed E-state index contributed by atoms with van der Waals surface area (Å²) in [6.07, 6.45) is 2.36. The lowest BCUT2D eigenvalue weighted by molar-refractivity contribution is -0.137. The van der Waals surface area contributed by atoms with E-state index >= 15 is 0 Å². The Balaban J connectivity index is 1.71. The maximum Gasteiger partial charge on any atom is 0.417 e. The van der Waals surface area contributed by atoms with Gasteiger partial charge in [-0.2, -0.15) is 13.2 Å². The zero-order valence-corrected chi connectivity index (χ0v) is 15.1. The molecule has 0 radical (unpaired) electrons. The summed E-state index contributed by atoms with van der Waals surface area (Å²) in [5.41, 5.74) is -0.714. The van der Waals surface area contributed by atoms with Gasteiger partial charge in [-0.1, -0.05) is 0 Å². The number of rotatable bonds is 5. The minimum Gasteiger partial charge on any atom is -0.356 e. The Hall–Kier alpha value is -2.09. The molecule has 0 amide bonds. The fourth-order valence-corrected chi connectivity index (χ4v) is 3.31. The van der Waals surface area contributed by atoms with E-state index in [1.165, 1.54) is 6.07 Å². The van der Waals surface area contributed by atoms with Crippen LogP contribution in [0, 0.1) is 0 Å². The van der Waals surface area contributed by atoms with Crippen molar-refractivity contribution in [1.82, 2.24) is 19.4 Å². The van der Waals surface area contributed by atoms with Crippen LogP contribution in [0.2, 0.25) is 0 Å². The van der Waals surface area contributed by atoms with Gasteiger partial charge in [0, 0.05) is 50.7 Å². The van der Waals surface area contributed by atoms with Crippen molar-refractivity contribution in [3.8, 4) is 0 Å². The van der Waals surface area contributed by atoms with Gasteiger partial charge in [0.2, 0.25) is 0 Å². The van der Waals surface area contributed by atoms with Crippen molar-refractivity contribution in [2.75, 3.05) is 38.6 Å². The van der Waals surface area contributed by atoms with Gasteiger partial charge in [-0.05, 0) is 39.1 Å². The second-order valence-corrected chi connectivity index (χ2v) is 6.97. The number of pyridine rings is 1. The number of aromatic nitrogens is 3. The Morgan fingerprint density at radius 2 is 2.04 bits per heavy atom. The molecule has 0 N–H and O–H groups in total. The molecule has 0 unspecified atom stereocenters. The summed E-state index contributed by atoms with van der Waals surface area (Å²) in [7, 11) is 4.07. The van der Waals surface area contributed by atoms with Crippen molar-refractivity contribution in [3.05, 3.63) is 42.1 Å². The molecule has 142 valence electrons. The summed E-state index contributed by atoms with van der Waals surface area (Å²) in [4.78, 5) is 12.8. The van der Waals surface area contributed by atoms with Gasteiger partial charge < -0.3 is 14.4 Å². The van der Waals surface area contributed by atoms with Crippen LogP contribution in [-0.4, -0.2) is 53.2 Å². The molecule has 3 rings (SSSR count). The Bertz CT molecular complexity index is 708. The van der Waals surface area contributed by atoms with Crippen molar-refractivity contribution in [2.45, 2.75) is 31.5 Å². The fourth-order valence-electron chi connectivity index (χ4n) is 3.31. The summed E-state index contributed by atoms with van der Waals surface area (Å²) in [6, 6.07) is 2.56. The van der Waals surface area contributed by atoms with Crippen molar-refractivity contribution < 1.29 is 13.2 Å². The van der Waals surface area contributed by atoms with Gasteiger partial charge in [0.05, 0.1) is 5.56 Å². The lowest BCUT2D eigenvalue weighted by atomic mass is 9.97. The number of alkyl halides is 3. The lowest BCUT2D eigenvalue weighted by Gasteiger charge is -2.33. The molecule has 0 aliphatic carbocycles. The third-order valence-corrected chi connectivity index (χ3v) is 4.72. The molecule has 1 aliphatic heterocycles. The van der Waals surface area contributed by atoms with Crippen LogP contribution in [0.1, 0.15) is 30.1 Å². The van der Waals surface area contributed by atoms with E-state index < -0.39 is 11.7 Å². The Labute approximate surface area is 151 Å².